The van der Waals surface area contributed by atoms with E-state index in [9.17, 15) is 9.18 Å². The molecule has 2 aromatic rings. The minimum absolute atomic E-state index is 0. The van der Waals surface area contributed by atoms with Crippen LogP contribution < -0.4 is 10.6 Å². The van der Waals surface area contributed by atoms with E-state index in [-0.39, 0.29) is 30.6 Å². The Hall–Kier alpha value is -1.99. The summed E-state index contributed by atoms with van der Waals surface area (Å²) in [5.41, 5.74) is 0.302. The van der Waals surface area contributed by atoms with Crippen molar-refractivity contribution in [2.75, 3.05) is 13.6 Å². The number of nitrogens with one attached hydrogen (secondary N) is 2. The third-order valence-corrected chi connectivity index (χ3v) is 2.93. The maximum atomic E-state index is 14.0. The molecule has 1 aromatic carbocycles. The number of aromatic nitrogens is 2. The lowest BCUT2D eigenvalue weighted by Gasteiger charge is -2.16. The maximum absolute atomic E-state index is 14.0. The third kappa shape index (κ3) is 4.51. The first-order valence-corrected chi connectivity index (χ1v) is 6.60. The van der Waals surface area contributed by atoms with Crippen LogP contribution in [-0.2, 0) is 4.79 Å². The number of aryl methyl sites for hydroxylation is 1. The second-order valence-electron chi connectivity index (χ2n) is 4.55. The zero-order valence-electron chi connectivity index (χ0n) is 12.3. The molecule has 2 N–H and O–H groups in total. The van der Waals surface area contributed by atoms with Gasteiger partial charge in [0.25, 0.3) is 0 Å². The van der Waals surface area contributed by atoms with Gasteiger partial charge in [0.05, 0.1) is 0 Å². The Morgan fingerprint density at radius 1 is 1.41 bits per heavy atom. The van der Waals surface area contributed by atoms with E-state index in [1.807, 2.05) is 0 Å². The van der Waals surface area contributed by atoms with Crippen molar-refractivity contribution in [3.05, 3.63) is 47.4 Å². The van der Waals surface area contributed by atoms with Crippen LogP contribution in [0, 0.1) is 12.7 Å². The van der Waals surface area contributed by atoms with E-state index in [1.165, 1.54) is 6.07 Å². The lowest BCUT2D eigenvalue weighted by Crippen LogP contribution is -2.32. The van der Waals surface area contributed by atoms with Crippen LogP contribution in [0.1, 0.15) is 29.7 Å². The number of benzene rings is 1. The summed E-state index contributed by atoms with van der Waals surface area (Å²) >= 11 is 0. The quantitative estimate of drug-likeness (QED) is 0.844. The van der Waals surface area contributed by atoms with Crippen LogP contribution in [0.3, 0.4) is 0 Å². The van der Waals surface area contributed by atoms with Crippen molar-refractivity contribution in [2.45, 2.75) is 19.4 Å². The SMILES string of the molecule is CNCCC(=O)NC(c1noc(C)n1)c1ccccc1F.Cl. The van der Waals surface area contributed by atoms with Gasteiger partial charge in [-0.2, -0.15) is 4.98 Å². The number of halogens is 2. The van der Waals surface area contributed by atoms with E-state index in [1.54, 1.807) is 32.2 Å². The van der Waals surface area contributed by atoms with Crippen molar-refractivity contribution >= 4 is 18.3 Å². The van der Waals surface area contributed by atoms with Gasteiger partial charge in [-0.15, -0.1) is 12.4 Å². The van der Waals surface area contributed by atoms with Crippen molar-refractivity contribution in [1.82, 2.24) is 20.8 Å². The van der Waals surface area contributed by atoms with Gasteiger partial charge < -0.3 is 15.2 Å². The molecule has 0 bridgehead atoms. The number of carbonyl (C=O) groups excluding carboxylic acids is 1. The molecule has 0 radical (unpaired) electrons. The van der Waals surface area contributed by atoms with Crippen molar-refractivity contribution in [2.24, 2.45) is 0 Å². The zero-order chi connectivity index (χ0) is 15.2. The number of hydrogen-bond acceptors (Lipinski definition) is 5. The third-order valence-electron chi connectivity index (χ3n) is 2.93. The molecule has 8 heteroatoms. The summed E-state index contributed by atoms with van der Waals surface area (Å²) in [4.78, 5) is 16.0. The largest absolute Gasteiger partial charge is 0.342 e. The molecular weight excluding hydrogens is 311 g/mol. The molecule has 0 aliphatic heterocycles. The highest BCUT2D eigenvalue weighted by Crippen LogP contribution is 2.22. The fraction of sp³-hybridized carbons (Fsp3) is 0.357. The van der Waals surface area contributed by atoms with Gasteiger partial charge in [-0.1, -0.05) is 23.4 Å². The van der Waals surface area contributed by atoms with Crippen LogP contribution >= 0.6 is 12.4 Å². The van der Waals surface area contributed by atoms with Gasteiger partial charge in [-0.3, -0.25) is 4.79 Å². The molecular formula is C14H18ClFN4O2. The van der Waals surface area contributed by atoms with Gasteiger partial charge in [0.15, 0.2) is 5.82 Å². The van der Waals surface area contributed by atoms with E-state index in [2.05, 4.69) is 20.8 Å². The highest BCUT2D eigenvalue weighted by Gasteiger charge is 2.24. The summed E-state index contributed by atoms with van der Waals surface area (Å²) in [5, 5.41) is 9.40. The molecule has 0 spiro atoms. The summed E-state index contributed by atoms with van der Waals surface area (Å²) in [6.07, 6.45) is 0.276. The van der Waals surface area contributed by atoms with Gasteiger partial charge in [-0.05, 0) is 13.1 Å². The van der Waals surface area contributed by atoms with Crippen molar-refractivity contribution in [1.29, 1.82) is 0 Å². The molecule has 22 heavy (non-hydrogen) atoms. The summed E-state index contributed by atoms with van der Waals surface area (Å²) in [6.45, 7) is 2.17. The molecule has 1 amide bonds. The second kappa shape index (κ2) is 8.45. The first-order chi connectivity index (χ1) is 10.1. The number of rotatable bonds is 6. The van der Waals surface area contributed by atoms with Crippen molar-refractivity contribution in [3.63, 3.8) is 0 Å². The normalized spacial score (nSPS) is 11.6. The highest BCUT2D eigenvalue weighted by molar-refractivity contribution is 5.85. The molecule has 1 unspecified atom stereocenters. The Morgan fingerprint density at radius 3 is 2.73 bits per heavy atom. The van der Waals surface area contributed by atoms with Crippen molar-refractivity contribution in [3.8, 4) is 0 Å². The summed E-state index contributed by atoms with van der Waals surface area (Å²) in [7, 11) is 1.75. The smallest absolute Gasteiger partial charge is 0.223 e. The van der Waals surface area contributed by atoms with E-state index in [0.29, 0.717) is 18.0 Å². The molecule has 0 fully saturated rings. The van der Waals surface area contributed by atoms with Gasteiger partial charge in [-0.25, -0.2) is 4.39 Å². The first kappa shape index (κ1) is 18.1. The van der Waals surface area contributed by atoms with E-state index >= 15 is 0 Å². The zero-order valence-corrected chi connectivity index (χ0v) is 13.1. The van der Waals surface area contributed by atoms with Gasteiger partial charge in [0, 0.05) is 25.5 Å². The lowest BCUT2D eigenvalue weighted by molar-refractivity contribution is -0.121. The average molecular weight is 329 g/mol. The van der Waals surface area contributed by atoms with Crippen LogP contribution in [0.2, 0.25) is 0 Å². The lowest BCUT2D eigenvalue weighted by atomic mass is 10.1. The van der Waals surface area contributed by atoms with Gasteiger partial charge >= 0.3 is 0 Å². The van der Waals surface area contributed by atoms with Crippen LogP contribution in [-0.4, -0.2) is 29.6 Å². The number of carbonyl (C=O) groups is 1. The number of amides is 1. The minimum Gasteiger partial charge on any atom is -0.342 e. The van der Waals surface area contributed by atoms with E-state index in [4.69, 9.17) is 4.52 Å². The molecule has 0 aliphatic rings. The molecule has 1 aromatic heterocycles. The van der Waals surface area contributed by atoms with E-state index in [0.717, 1.165) is 0 Å². The molecule has 120 valence electrons. The second-order valence-corrected chi connectivity index (χ2v) is 4.55. The summed E-state index contributed by atoms with van der Waals surface area (Å²) in [6, 6.07) is 5.42. The van der Waals surface area contributed by atoms with Crippen LogP contribution in [0.15, 0.2) is 28.8 Å². The Kier molecular flexibility index (Phi) is 6.94. The predicted molar refractivity (Wildman–Crippen MR) is 81.2 cm³/mol. The predicted octanol–water partition coefficient (Wildman–Crippen LogP) is 1.75. The molecule has 0 aliphatic carbocycles. The molecule has 1 heterocycles. The maximum Gasteiger partial charge on any atom is 0.223 e. The van der Waals surface area contributed by atoms with Crippen LogP contribution in [0.25, 0.3) is 0 Å². The molecule has 2 rings (SSSR count). The standard InChI is InChI=1S/C14H17FN4O2.ClH/c1-9-17-14(19-21-9)13(18-12(20)7-8-16-2)10-5-3-4-6-11(10)15;/h3-6,13,16H,7-8H2,1-2H3,(H,18,20);1H. The van der Waals surface area contributed by atoms with Gasteiger partial charge in [0.2, 0.25) is 11.8 Å². The number of hydrogen-bond donors (Lipinski definition) is 2. The average Bonchev–Trinajstić information content (AvgIpc) is 2.90. The monoisotopic (exact) mass is 328 g/mol. The minimum atomic E-state index is -0.770. The fourth-order valence-electron chi connectivity index (χ4n) is 1.89. The fourth-order valence-corrected chi connectivity index (χ4v) is 1.89. The highest BCUT2D eigenvalue weighted by atomic mass is 35.5. The molecule has 6 nitrogen and oxygen atoms in total. The summed E-state index contributed by atoms with van der Waals surface area (Å²) in [5.74, 6) is -0.0647. The molecule has 1 atom stereocenters. The first-order valence-electron chi connectivity index (χ1n) is 6.60. The molecule has 0 saturated heterocycles. The summed E-state index contributed by atoms with van der Waals surface area (Å²) < 4.78 is 18.9. The number of nitrogens with zero attached hydrogens (tertiary/aromatic N) is 2. The van der Waals surface area contributed by atoms with Crippen molar-refractivity contribution < 1.29 is 13.7 Å². The Labute approximate surface area is 133 Å². The van der Waals surface area contributed by atoms with E-state index < -0.39 is 11.9 Å². The Balaban J connectivity index is 0.00000242. The Bertz CT molecular complexity index is 620. The van der Waals surface area contributed by atoms with Crippen LogP contribution in [0.4, 0.5) is 4.39 Å². The molecule has 0 saturated carbocycles. The topological polar surface area (TPSA) is 80.0 Å². The van der Waals surface area contributed by atoms with Crippen LogP contribution in [0.5, 0.6) is 0 Å². The Morgan fingerprint density at radius 2 is 2.14 bits per heavy atom. The van der Waals surface area contributed by atoms with Gasteiger partial charge in [0.1, 0.15) is 11.9 Å².